The Kier molecular flexibility index (Phi) is 3.02. The maximum absolute atomic E-state index is 12.5. The van der Waals surface area contributed by atoms with Gasteiger partial charge in [-0.2, -0.15) is 0 Å². The van der Waals surface area contributed by atoms with Crippen LogP contribution < -0.4 is 0 Å². The third-order valence-corrected chi connectivity index (χ3v) is 4.86. The SMILES string of the molecule is CSC1=NC2=CC[C@@H]3C(=O)N(N(C)C)C(=O)[C@@H]3[C@@H]2C1. The molecule has 0 aromatic rings. The minimum atomic E-state index is -0.219. The summed E-state index contributed by atoms with van der Waals surface area (Å²) in [5.41, 5.74) is 1.01. The lowest BCUT2D eigenvalue weighted by molar-refractivity contribution is -0.154. The molecule has 0 radical (unpaired) electrons. The van der Waals surface area contributed by atoms with Gasteiger partial charge < -0.3 is 0 Å². The van der Waals surface area contributed by atoms with E-state index >= 15 is 0 Å². The van der Waals surface area contributed by atoms with Gasteiger partial charge in [0.15, 0.2) is 0 Å². The van der Waals surface area contributed by atoms with Gasteiger partial charge in [-0.3, -0.25) is 14.6 Å². The second-order valence-corrected chi connectivity index (χ2v) is 6.23. The van der Waals surface area contributed by atoms with Crippen molar-refractivity contribution in [1.82, 2.24) is 10.0 Å². The van der Waals surface area contributed by atoms with Crippen LogP contribution in [0.1, 0.15) is 12.8 Å². The summed E-state index contributed by atoms with van der Waals surface area (Å²) in [7, 11) is 3.47. The summed E-state index contributed by atoms with van der Waals surface area (Å²) < 4.78 is 0. The molecule has 0 bridgehead atoms. The third kappa shape index (κ3) is 1.77. The Morgan fingerprint density at radius 3 is 2.68 bits per heavy atom. The zero-order valence-corrected chi connectivity index (χ0v) is 12.1. The van der Waals surface area contributed by atoms with Gasteiger partial charge in [-0.15, -0.1) is 11.8 Å². The van der Waals surface area contributed by atoms with Crippen molar-refractivity contribution in [3.8, 4) is 0 Å². The molecule has 1 fully saturated rings. The van der Waals surface area contributed by atoms with E-state index in [1.54, 1.807) is 30.9 Å². The van der Waals surface area contributed by atoms with E-state index in [0.29, 0.717) is 6.42 Å². The van der Waals surface area contributed by atoms with Crippen molar-refractivity contribution in [2.45, 2.75) is 12.8 Å². The number of imide groups is 1. The summed E-state index contributed by atoms with van der Waals surface area (Å²) in [5, 5.41) is 3.96. The number of carbonyl (C=O) groups excluding carboxylic acids is 2. The van der Waals surface area contributed by atoms with Gasteiger partial charge in [0.2, 0.25) is 11.8 Å². The third-order valence-electron chi connectivity index (χ3n) is 4.13. The van der Waals surface area contributed by atoms with Gasteiger partial charge in [-0.1, -0.05) is 6.08 Å². The number of carbonyl (C=O) groups is 2. The fourth-order valence-corrected chi connectivity index (χ4v) is 3.82. The van der Waals surface area contributed by atoms with Gasteiger partial charge in [0.25, 0.3) is 0 Å². The van der Waals surface area contributed by atoms with Crippen LogP contribution in [0, 0.1) is 17.8 Å². The maximum atomic E-state index is 12.5. The Bertz CT molecular complexity index is 512. The van der Waals surface area contributed by atoms with Crippen LogP contribution in [0.3, 0.4) is 0 Å². The van der Waals surface area contributed by atoms with Gasteiger partial charge in [-0.05, 0) is 12.7 Å². The van der Waals surface area contributed by atoms with Crippen molar-refractivity contribution in [3.63, 3.8) is 0 Å². The normalized spacial score (nSPS) is 33.5. The number of aliphatic imine (C=N–C) groups is 1. The zero-order chi connectivity index (χ0) is 13.7. The largest absolute Gasteiger partial charge is 0.273 e. The van der Waals surface area contributed by atoms with Gasteiger partial charge in [0, 0.05) is 32.1 Å². The van der Waals surface area contributed by atoms with E-state index in [1.165, 1.54) is 5.01 Å². The molecule has 3 rings (SSSR count). The smallest absolute Gasteiger partial charge is 0.248 e. The number of thioether (sulfide) groups is 1. The van der Waals surface area contributed by atoms with Gasteiger partial charge >= 0.3 is 0 Å². The molecule has 102 valence electrons. The van der Waals surface area contributed by atoms with E-state index in [0.717, 1.165) is 17.2 Å². The number of hydrogen-bond acceptors (Lipinski definition) is 5. The van der Waals surface area contributed by atoms with E-state index in [4.69, 9.17) is 0 Å². The number of hydrogen-bond donors (Lipinski definition) is 0. The first-order chi connectivity index (χ1) is 9.04. The molecule has 1 aliphatic carbocycles. The second-order valence-electron chi connectivity index (χ2n) is 5.35. The van der Waals surface area contributed by atoms with E-state index in [1.807, 2.05) is 12.3 Å². The molecule has 19 heavy (non-hydrogen) atoms. The number of allylic oxidation sites excluding steroid dienone is 2. The van der Waals surface area contributed by atoms with Gasteiger partial charge in [0.1, 0.15) is 0 Å². The molecular weight excluding hydrogens is 262 g/mol. The van der Waals surface area contributed by atoms with E-state index in [2.05, 4.69) is 4.99 Å². The highest BCUT2D eigenvalue weighted by atomic mass is 32.2. The van der Waals surface area contributed by atoms with Crippen molar-refractivity contribution in [1.29, 1.82) is 0 Å². The van der Waals surface area contributed by atoms with Crippen LogP contribution in [-0.4, -0.2) is 47.2 Å². The highest BCUT2D eigenvalue weighted by Crippen LogP contribution is 2.47. The summed E-state index contributed by atoms with van der Waals surface area (Å²) >= 11 is 1.63. The van der Waals surface area contributed by atoms with Crippen LogP contribution >= 0.6 is 11.8 Å². The van der Waals surface area contributed by atoms with Crippen LogP contribution in [-0.2, 0) is 9.59 Å². The minimum Gasteiger partial charge on any atom is -0.273 e. The summed E-state index contributed by atoms with van der Waals surface area (Å²) in [4.78, 5) is 29.4. The van der Waals surface area contributed by atoms with Crippen LogP contribution in [0.2, 0.25) is 0 Å². The number of nitrogens with zero attached hydrogens (tertiary/aromatic N) is 3. The molecule has 3 atom stereocenters. The summed E-state index contributed by atoms with van der Waals surface area (Å²) in [6.07, 6.45) is 5.48. The monoisotopic (exact) mass is 279 g/mol. The maximum Gasteiger partial charge on any atom is 0.248 e. The van der Waals surface area contributed by atoms with E-state index in [9.17, 15) is 9.59 Å². The summed E-state index contributed by atoms with van der Waals surface area (Å²) in [6.45, 7) is 0. The zero-order valence-electron chi connectivity index (χ0n) is 11.3. The van der Waals surface area contributed by atoms with Crippen molar-refractivity contribution in [2.24, 2.45) is 22.7 Å². The van der Waals surface area contributed by atoms with Crippen LogP contribution in [0.25, 0.3) is 0 Å². The number of amides is 2. The summed E-state index contributed by atoms with van der Waals surface area (Å²) in [5.74, 6) is -0.438. The molecule has 2 heterocycles. The van der Waals surface area contributed by atoms with E-state index in [-0.39, 0.29) is 29.6 Å². The minimum absolute atomic E-state index is 0.0619. The molecule has 0 spiro atoms. The molecule has 1 saturated heterocycles. The molecule has 2 amide bonds. The highest BCUT2D eigenvalue weighted by Gasteiger charge is 2.54. The lowest BCUT2D eigenvalue weighted by Crippen LogP contribution is -2.42. The topological polar surface area (TPSA) is 53.0 Å². The van der Waals surface area contributed by atoms with Crippen molar-refractivity contribution < 1.29 is 9.59 Å². The Morgan fingerprint density at radius 1 is 1.32 bits per heavy atom. The summed E-state index contributed by atoms with van der Waals surface area (Å²) in [6, 6.07) is 0. The molecular formula is C13H17N3O2S. The van der Waals surface area contributed by atoms with Crippen molar-refractivity contribution in [2.75, 3.05) is 20.4 Å². The Morgan fingerprint density at radius 2 is 2.05 bits per heavy atom. The molecule has 0 unspecified atom stereocenters. The van der Waals surface area contributed by atoms with Crippen molar-refractivity contribution >= 4 is 28.6 Å². The number of hydrazine groups is 1. The first-order valence-electron chi connectivity index (χ1n) is 6.41. The van der Waals surface area contributed by atoms with Crippen LogP contribution in [0.15, 0.2) is 16.8 Å². The average molecular weight is 279 g/mol. The Balaban J connectivity index is 1.93. The molecule has 0 saturated carbocycles. The molecule has 2 aliphatic heterocycles. The predicted octanol–water partition coefficient (Wildman–Crippen LogP) is 1.13. The Labute approximate surface area is 116 Å². The molecule has 3 aliphatic rings. The van der Waals surface area contributed by atoms with Crippen LogP contribution in [0.4, 0.5) is 0 Å². The average Bonchev–Trinajstić information content (AvgIpc) is 2.88. The number of rotatable bonds is 1. The molecule has 5 nitrogen and oxygen atoms in total. The van der Waals surface area contributed by atoms with Crippen molar-refractivity contribution in [3.05, 3.63) is 11.8 Å². The molecule has 6 heteroatoms. The standard InChI is InChI=1S/C13H17N3O2S/c1-15(2)16-12(17)7-4-5-9-8(11(7)13(16)18)6-10(14-9)19-3/h5,7-8,11H,4,6H2,1-3H3/t7-,8+,11-/m0/s1. The molecule has 0 aromatic heterocycles. The lowest BCUT2D eigenvalue weighted by atomic mass is 9.75. The van der Waals surface area contributed by atoms with Crippen LogP contribution in [0.5, 0.6) is 0 Å². The second kappa shape index (κ2) is 4.45. The molecule has 0 aromatic carbocycles. The van der Waals surface area contributed by atoms with E-state index < -0.39 is 0 Å². The fraction of sp³-hybridized carbons (Fsp3) is 0.615. The first-order valence-corrected chi connectivity index (χ1v) is 7.63. The predicted molar refractivity (Wildman–Crippen MR) is 74.3 cm³/mol. The fourth-order valence-electron chi connectivity index (χ4n) is 3.28. The quantitative estimate of drug-likeness (QED) is 0.675. The lowest BCUT2D eigenvalue weighted by Gasteiger charge is -2.25. The number of fused-ring (bicyclic) bond motifs is 3. The van der Waals surface area contributed by atoms with Gasteiger partial charge in [-0.25, -0.2) is 10.0 Å². The van der Waals surface area contributed by atoms with Gasteiger partial charge in [0.05, 0.1) is 16.9 Å². The highest BCUT2D eigenvalue weighted by molar-refractivity contribution is 8.13. The first kappa shape index (κ1) is 12.9. The molecule has 0 N–H and O–H groups in total. The Hall–Kier alpha value is -1.14.